The number of nitrogens with one attached hydrogen (secondary N) is 1. The van der Waals surface area contributed by atoms with Gasteiger partial charge in [0.25, 0.3) is 0 Å². The van der Waals surface area contributed by atoms with E-state index >= 15 is 0 Å². The predicted octanol–water partition coefficient (Wildman–Crippen LogP) is 5.75. The number of aliphatic carboxylic acids is 1. The summed E-state index contributed by atoms with van der Waals surface area (Å²) in [6, 6.07) is 9.04. The fraction of sp³-hybridized carbons (Fsp3) is 0.333. The van der Waals surface area contributed by atoms with Gasteiger partial charge in [0.1, 0.15) is 5.82 Å². The minimum absolute atomic E-state index is 0.0510. The lowest BCUT2D eigenvalue weighted by atomic mass is 9.68. The summed E-state index contributed by atoms with van der Waals surface area (Å²) in [6.07, 6.45) is 1.65. The van der Waals surface area contributed by atoms with Crippen LogP contribution in [0.25, 0.3) is 27.5 Å². The van der Waals surface area contributed by atoms with E-state index in [4.69, 9.17) is 0 Å². The molecule has 0 bridgehead atoms. The molecule has 1 fully saturated rings. The maximum Gasteiger partial charge on any atom is 0.341 e. The van der Waals surface area contributed by atoms with Crippen molar-refractivity contribution in [3.63, 3.8) is 0 Å². The number of rotatable bonds is 4. The summed E-state index contributed by atoms with van der Waals surface area (Å²) in [5.74, 6) is -1.79. The highest BCUT2D eigenvalue weighted by Crippen LogP contribution is 2.52. The molecule has 2 aromatic carbocycles. The Morgan fingerprint density at radius 1 is 1.29 bits per heavy atom. The molecule has 7 heteroatoms. The Labute approximate surface area is 177 Å². The van der Waals surface area contributed by atoms with Crippen LogP contribution < -0.4 is 0 Å². The summed E-state index contributed by atoms with van der Waals surface area (Å²) >= 11 is 0. The maximum atomic E-state index is 14.7. The van der Waals surface area contributed by atoms with Crippen LogP contribution in [0.4, 0.5) is 8.78 Å². The molecule has 4 aromatic rings. The summed E-state index contributed by atoms with van der Waals surface area (Å²) in [6.45, 7) is 5.86. The van der Waals surface area contributed by atoms with E-state index in [1.807, 2.05) is 18.2 Å². The molecule has 2 N–H and O–H groups in total. The average molecular weight is 423 g/mol. The number of benzene rings is 2. The monoisotopic (exact) mass is 423 g/mol. The number of fused-ring (bicyclic) bond motifs is 2. The van der Waals surface area contributed by atoms with Crippen LogP contribution in [0, 0.1) is 12.7 Å². The van der Waals surface area contributed by atoms with Gasteiger partial charge >= 0.3 is 5.97 Å². The molecule has 5 rings (SSSR count). The number of aromatic amines is 1. The van der Waals surface area contributed by atoms with Crippen LogP contribution in [0.5, 0.6) is 0 Å². The van der Waals surface area contributed by atoms with Crippen molar-refractivity contribution in [2.24, 2.45) is 0 Å². The van der Waals surface area contributed by atoms with Crippen molar-refractivity contribution in [1.29, 1.82) is 0 Å². The third-order valence-electron chi connectivity index (χ3n) is 6.48. The number of carboxylic acid groups (broad SMARTS) is 1. The van der Waals surface area contributed by atoms with E-state index in [0.717, 1.165) is 38.8 Å². The third-order valence-corrected chi connectivity index (χ3v) is 6.48. The van der Waals surface area contributed by atoms with Crippen LogP contribution in [0.2, 0.25) is 0 Å². The van der Waals surface area contributed by atoms with E-state index in [0.29, 0.717) is 5.56 Å². The molecule has 0 amide bonds. The minimum Gasteiger partial charge on any atom is -0.479 e. The first-order valence-electron chi connectivity index (χ1n) is 10.4. The van der Waals surface area contributed by atoms with E-state index < -0.39 is 11.6 Å². The number of alkyl halides is 1. The van der Waals surface area contributed by atoms with Crippen molar-refractivity contribution >= 4 is 27.8 Å². The van der Waals surface area contributed by atoms with E-state index in [1.54, 1.807) is 19.2 Å². The van der Waals surface area contributed by atoms with Crippen LogP contribution in [-0.4, -0.2) is 31.5 Å². The van der Waals surface area contributed by atoms with Gasteiger partial charge in [-0.05, 0) is 73.1 Å². The number of nitrogens with zero attached hydrogens (tertiary/aromatic N) is 2. The van der Waals surface area contributed by atoms with Crippen molar-refractivity contribution in [2.75, 3.05) is 0 Å². The standard InChI is InChI=1S/C24H23F2N3O2/c1-12(2)22-21(15-9-24(26,10-15)23(30)31)17-8-19-14(11-27-28-19)7-20(17)29(22)16-4-5-18(25)13(3)6-16/h4-8,11-12,15H,9-10H2,1-3H3,(H,27,28)(H,30,31). The summed E-state index contributed by atoms with van der Waals surface area (Å²) in [5, 5.41) is 18.3. The Bertz CT molecular complexity index is 1350. The zero-order valence-electron chi connectivity index (χ0n) is 17.5. The first kappa shape index (κ1) is 19.7. The largest absolute Gasteiger partial charge is 0.479 e. The van der Waals surface area contributed by atoms with Crippen molar-refractivity contribution in [1.82, 2.24) is 14.8 Å². The summed E-state index contributed by atoms with van der Waals surface area (Å²) < 4.78 is 30.8. The summed E-state index contributed by atoms with van der Waals surface area (Å²) in [7, 11) is 0. The SMILES string of the molecule is Cc1cc(-n2c(C(C)C)c(C3CC(F)(C(=O)O)C3)c3cc4[nH]ncc4cc32)ccc1F. The lowest BCUT2D eigenvalue weighted by molar-refractivity contribution is -0.158. The number of hydrogen-bond acceptors (Lipinski definition) is 2. The molecule has 0 unspecified atom stereocenters. The van der Waals surface area contributed by atoms with E-state index in [-0.39, 0.29) is 30.5 Å². The van der Waals surface area contributed by atoms with Gasteiger partial charge in [0.05, 0.1) is 17.2 Å². The Morgan fingerprint density at radius 2 is 2.03 bits per heavy atom. The van der Waals surface area contributed by atoms with Gasteiger partial charge < -0.3 is 9.67 Å². The van der Waals surface area contributed by atoms with Gasteiger partial charge in [-0.15, -0.1) is 0 Å². The van der Waals surface area contributed by atoms with Crippen molar-refractivity contribution < 1.29 is 18.7 Å². The van der Waals surface area contributed by atoms with E-state index in [2.05, 4.69) is 28.6 Å². The number of halogens is 2. The Balaban J connectivity index is 1.82. The molecular formula is C24H23F2N3O2. The topological polar surface area (TPSA) is 70.9 Å². The Kier molecular flexibility index (Phi) is 4.22. The van der Waals surface area contributed by atoms with Crippen LogP contribution in [0.3, 0.4) is 0 Å². The van der Waals surface area contributed by atoms with Crippen molar-refractivity contribution in [3.8, 4) is 5.69 Å². The quantitative estimate of drug-likeness (QED) is 0.439. The van der Waals surface area contributed by atoms with E-state index in [1.165, 1.54) is 6.07 Å². The minimum atomic E-state index is -2.18. The molecule has 1 saturated carbocycles. The number of carboxylic acids is 1. The molecule has 5 nitrogen and oxygen atoms in total. The van der Waals surface area contributed by atoms with Gasteiger partial charge in [-0.2, -0.15) is 5.10 Å². The van der Waals surface area contributed by atoms with Crippen molar-refractivity contribution in [3.05, 3.63) is 59.2 Å². The molecule has 0 radical (unpaired) electrons. The predicted molar refractivity (Wildman–Crippen MR) is 115 cm³/mol. The van der Waals surface area contributed by atoms with Gasteiger partial charge in [0.2, 0.25) is 5.67 Å². The zero-order valence-corrected chi connectivity index (χ0v) is 17.5. The van der Waals surface area contributed by atoms with Gasteiger partial charge in [0.15, 0.2) is 0 Å². The molecule has 1 aliphatic carbocycles. The summed E-state index contributed by atoms with van der Waals surface area (Å²) in [4.78, 5) is 11.4. The lowest BCUT2D eigenvalue weighted by Crippen LogP contribution is -2.45. The van der Waals surface area contributed by atoms with Gasteiger partial charge in [-0.1, -0.05) is 13.8 Å². The number of hydrogen-bond donors (Lipinski definition) is 2. The number of H-pyrrole nitrogens is 1. The number of carbonyl (C=O) groups is 1. The molecule has 160 valence electrons. The Hall–Kier alpha value is -3.22. The second-order valence-electron chi connectivity index (χ2n) is 8.92. The smallest absolute Gasteiger partial charge is 0.341 e. The van der Waals surface area contributed by atoms with Crippen LogP contribution >= 0.6 is 0 Å². The Morgan fingerprint density at radius 3 is 2.68 bits per heavy atom. The first-order chi connectivity index (χ1) is 14.7. The van der Waals surface area contributed by atoms with Gasteiger partial charge in [-0.25, -0.2) is 13.6 Å². The van der Waals surface area contributed by atoms with Crippen LogP contribution in [0.15, 0.2) is 36.5 Å². The highest BCUT2D eigenvalue weighted by molar-refractivity contribution is 5.99. The molecule has 0 atom stereocenters. The van der Waals surface area contributed by atoms with Crippen LogP contribution in [0.1, 0.15) is 55.3 Å². The normalized spacial score (nSPS) is 21.2. The molecular weight excluding hydrogens is 400 g/mol. The van der Waals surface area contributed by atoms with Crippen LogP contribution in [-0.2, 0) is 4.79 Å². The molecule has 0 aliphatic heterocycles. The van der Waals surface area contributed by atoms with Gasteiger partial charge in [0, 0.05) is 22.2 Å². The van der Waals surface area contributed by atoms with Gasteiger partial charge in [-0.3, -0.25) is 5.10 Å². The molecule has 0 saturated heterocycles. The third kappa shape index (κ3) is 2.86. The second kappa shape index (κ2) is 6.64. The molecule has 31 heavy (non-hydrogen) atoms. The highest BCUT2D eigenvalue weighted by Gasteiger charge is 2.53. The molecule has 1 aliphatic rings. The fourth-order valence-electron chi connectivity index (χ4n) is 4.91. The fourth-order valence-corrected chi connectivity index (χ4v) is 4.91. The maximum absolute atomic E-state index is 14.7. The van der Waals surface area contributed by atoms with E-state index in [9.17, 15) is 18.7 Å². The molecule has 2 heterocycles. The second-order valence-corrected chi connectivity index (χ2v) is 8.92. The summed E-state index contributed by atoms with van der Waals surface area (Å²) in [5.41, 5.74) is 2.93. The zero-order chi connectivity index (χ0) is 22.1. The number of aromatic nitrogens is 3. The first-order valence-corrected chi connectivity index (χ1v) is 10.4. The highest BCUT2D eigenvalue weighted by atomic mass is 19.1. The van der Waals surface area contributed by atoms with Crippen molar-refractivity contribution in [2.45, 2.75) is 51.1 Å². The molecule has 2 aromatic heterocycles. The molecule has 0 spiro atoms. The average Bonchev–Trinajstić information content (AvgIpc) is 3.27. The number of aryl methyl sites for hydroxylation is 1. The lowest BCUT2D eigenvalue weighted by Gasteiger charge is -2.39.